The van der Waals surface area contributed by atoms with Gasteiger partial charge >= 0.3 is 5.97 Å². The van der Waals surface area contributed by atoms with E-state index in [0.29, 0.717) is 6.61 Å². The lowest BCUT2D eigenvalue weighted by Crippen LogP contribution is -2.49. The molecule has 0 heterocycles. The van der Waals surface area contributed by atoms with Gasteiger partial charge in [-0.25, -0.2) is 0 Å². The van der Waals surface area contributed by atoms with Crippen molar-refractivity contribution in [2.24, 2.45) is 0 Å². The first-order chi connectivity index (χ1) is 7.64. The number of carbonyl (C=O) groups is 1. The molecule has 16 heavy (non-hydrogen) atoms. The van der Waals surface area contributed by atoms with Crippen molar-refractivity contribution in [3.05, 3.63) is 0 Å². The van der Waals surface area contributed by atoms with E-state index in [4.69, 9.17) is 4.74 Å². The number of ether oxygens (including phenoxy) is 1. The molecule has 4 nitrogen and oxygen atoms in total. The summed E-state index contributed by atoms with van der Waals surface area (Å²) in [6.45, 7) is 6.75. The van der Waals surface area contributed by atoms with Gasteiger partial charge in [0.25, 0.3) is 0 Å². The maximum absolute atomic E-state index is 11.3. The summed E-state index contributed by atoms with van der Waals surface area (Å²) in [5, 5.41) is 12.4. The molecule has 0 unspecified atom stereocenters. The summed E-state index contributed by atoms with van der Waals surface area (Å²) in [6, 6.07) is 0. The van der Waals surface area contributed by atoms with E-state index in [-0.39, 0.29) is 24.7 Å². The summed E-state index contributed by atoms with van der Waals surface area (Å²) in [5.41, 5.74) is -0.343. The van der Waals surface area contributed by atoms with Crippen LogP contribution in [0.2, 0.25) is 0 Å². The topological polar surface area (TPSA) is 58.6 Å². The minimum atomic E-state index is -0.343. The highest BCUT2D eigenvalue weighted by Crippen LogP contribution is 2.13. The van der Waals surface area contributed by atoms with E-state index in [1.165, 1.54) is 0 Å². The second kappa shape index (κ2) is 8.53. The van der Waals surface area contributed by atoms with Crippen LogP contribution in [-0.4, -0.2) is 36.4 Å². The molecule has 0 aliphatic heterocycles. The highest BCUT2D eigenvalue weighted by molar-refractivity contribution is 5.71. The van der Waals surface area contributed by atoms with Gasteiger partial charge in [0, 0.05) is 5.54 Å². The average Bonchev–Trinajstić information content (AvgIpc) is 2.32. The van der Waals surface area contributed by atoms with Crippen LogP contribution in [-0.2, 0) is 9.53 Å². The van der Waals surface area contributed by atoms with Gasteiger partial charge < -0.3 is 9.84 Å². The smallest absolute Gasteiger partial charge is 0.319 e. The van der Waals surface area contributed by atoms with Crippen molar-refractivity contribution in [2.75, 3.05) is 19.8 Å². The van der Waals surface area contributed by atoms with Crippen LogP contribution in [0.5, 0.6) is 0 Å². The molecular weight excluding hydrogens is 206 g/mol. The van der Waals surface area contributed by atoms with E-state index in [2.05, 4.69) is 12.2 Å². The molecular formula is C12H25NO3. The molecule has 0 aromatic heterocycles. The molecule has 0 amide bonds. The summed E-state index contributed by atoms with van der Waals surface area (Å²) in [6.07, 6.45) is 3.51. The number of aliphatic hydroxyl groups is 1. The van der Waals surface area contributed by atoms with Gasteiger partial charge in [-0.05, 0) is 19.3 Å². The molecule has 0 bridgehead atoms. The fourth-order valence-electron chi connectivity index (χ4n) is 1.42. The second-order valence-electron chi connectivity index (χ2n) is 4.07. The largest absolute Gasteiger partial charge is 0.465 e. The van der Waals surface area contributed by atoms with Gasteiger partial charge in [-0.15, -0.1) is 0 Å². The summed E-state index contributed by atoms with van der Waals surface area (Å²) in [4.78, 5) is 11.3. The molecule has 4 heteroatoms. The SMILES string of the molecule is CCCCOC(=O)CNC(CC)(CC)CO. The zero-order chi connectivity index (χ0) is 12.4. The lowest BCUT2D eigenvalue weighted by Gasteiger charge is -2.30. The lowest BCUT2D eigenvalue weighted by molar-refractivity contribution is -0.143. The average molecular weight is 231 g/mol. The number of hydrogen-bond donors (Lipinski definition) is 2. The lowest BCUT2D eigenvalue weighted by atomic mass is 9.94. The Hall–Kier alpha value is -0.610. The third kappa shape index (κ3) is 5.47. The maximum atomic E-state index is 11.3. The van der Waals surface area contributed by atoms with Crippen LogP contribution in [0.4, 0.5) is 0 Å². The number of carbonyl (C=O) groups excluding carboxylic acids is 1. The number of rotatable bonds is 9. The van der Waals surface area contributed by atoms with E-state index in [1.807, 2.05) is 13.8 Å². The van der Waals surface area contributed by atoms with E-state index < -0.39 is 0 Å². The third-order valence-corrected chi connectivity index (χ3v) is 3.02. The van der Waals surface area contributed by atoms with Crippen LogP contribution in [0.15, 0.2) is 0 Å². The van der Waals surface area contributed by atoms with Crippen molar-refractivity contribution in [2.45, 2.75) is 52.0 Å². The van der Waals surface area contributed by atoms with E-state index in [9.17, 15) is 9.90 Å². The predicted octanol–water partition coefficient (Wildman–Crippen LogP) is 1.47. The van der Waals surface area contributed by atoms with E-state index in [1.54, 1.807) is 0 Å². The number of unbranched alkanes of at least 4 members (excludes halogenated alkanes) is 1. The molecule has 0 aliphatic carbocycles. The van der Waals surface area contributed by atoms with Crippen LogP contribution >= 0.6 is 0 Å². The predicted molar refractivity (Wildman–Crippen MR) is 64.3 cm³/mol. The first kappa shape index (κ1) is 15.4. The molecule has 0 atom stereocenters. The van der Waals surface area contributed by atoms with Gasteiger partial charge in [0.2, 0.25) is 0 Å². The maximum Gasteiger partial charge on any atom is 0.319 e. The van der Waals surface area contributed by atoms with Crippen molar-refractivity contribution < 1.29 is 14.6 Å². The zero-order valence-electron chi connectivity index (χ0n) is 10.7. The standard InChI is InChI=1S/C12H25NO3/c1-4-7-8-16-11(15)9-13-12(5-2,6-3)10-14/h13-14H,4-10H2,1-3H3. The molecule has 0 spiro atoms. The highest BCUT2D eigenvalue weighted by Gasteiger charge is 2.25. The number of hydrogen-bond acceptors (Lipinski definition) is 4. The summed E-state index contributed by atoms with van der Waals surface area (Å²) < 4.78 is 5.03. The Labute approximate surface area is 98.4 Å². The molecule has 0 saturated carbocycles. The molecule has 0 aromatic rings. The fourth-order valence-corrected chi connectivity index (χ4v) is 1.42. The Morgan fingerprint density at radius 2 is 1.94 bits per heavy atom. The van der Waals surface area contributed by atoms with Crippen molar-refractivity contribution >= 4 is 5.97 Å². The molecule has 0 radical (unpaired) electrons. The Bertz CT molecular complexity index is 182. The Morgan fingerprint density at radius 1 is 1.31 bits per heavy atom. The van der Waals surface area contributed by atoms with Crippen LogP contribution in [0.25, 0.3) is 0 Å². The van der Waals surface area contributed by atoms with Gasteiger partial charge in [0.1, 0.15) is 0 Å². The van der Waals surface area contributed by atoms with Crippen LogP contribution in [0.1, 0.15) is 46.5 Å². The van der Waals surface area contributed by atoms with E-state index in [0.717, 1.165) is 25.7 Å². The Morgan fingerprint density at radius 3 is 2.38 bits per heavy atom. The monoisotopic (exact) mass is 231 g/mol. The van der Waals surface area contributed by atoms with Crippen LogP contribution in [0.3, 0.4) is 0 Å². The third-order valence-electron chi connectivity index (χ3n) is 3.02. The fraction of sp³-hybridized carbons (Fsp3) is 0.917. The summed E-state index contributed by atoms with van der Waals surface area (Å²) >= 11 is 0. The molecule has 0 aliphatic rings. The van der Waals surface area contributed by atoms with Gasteiger partial charge in [0.15, 0.2) is 0 Å². The van der Waals surface area contributed by atoms with Gasteiger partial charge in [0.05, 0.1) is 19.8 Å². The molecule has 0 rings (SSSR count). The quantitative estimate of drug-likeness (QED) is 0.466. The van der Waals surface area contributed by atoms with Gasteiger partial charge in [-0.2, -0.15) is 0 Å². The molecule has 0 fully saturated rings. The summed E-state index contributed by atoms with van der Waals surface area (Å²) in [5.74, 6) is -0.242. The van der Waals surface area contributed by atoms with E-state index >= 15 is 0 Å². The zero-order valence-corrected chi connectivity index (χ0v) is 10.7. The van der Waals surface area contributed by atoms with Crippen LogP contribution in [0, 0.1) is 0 Å². The molecule has 2 N–H and O–H groups in total. The van der Waals surface area contributed by atoms with Crippen molar-refractivity contribution in [3.8, 4) is 0 Å². The number of aliphatic hydroxyl groups excluding tert-OH is 1. The second-order valence-corrected chi connectivity index (χ2v) is 4.07. The minimum absolute atomic E-state index is 0.0439. The van der Waals surface area contributed by atoms with Gasteiger partial charge in [-0.1, -0.05) is 27.2 Å². The normalized spacial score (nSPS) is 11.5. The molecule has 96 valence electrons. The first-order valence-electron chi connectivity index (χ1n) is 6.15. The molecule has 0 aromatic carbocycles. The highest BCUT2D eigenvalue weighted by atomic mass is 16.5. The Kier molecular flexibility index (Phi) is 8.21. The Balaban J connectivity index is 3.87. The van der Waals surface area contributed by atoms with Crippen molar-refractivity contribution in [3.63, 3.8) is 0 Å². The number of esters is 1. The van der Waals surface area contributed by atoms with Gasteiger partial charge in [-0.3, -0.25) is 10.1 Å². The number of nitrogens with one attached hydrogen (secondary N) is 1. The van der Waals surface area contributed by atoms with Crippen molar-refractivity contribution in [1.29, 1.82) is 0 Å². The summed E-state index contributed by atoms with van der Waals surface area (Å²) in [7, 11) is 0. The van der Waals surface area contributed by atoms with Crippen molar-refractivity contribution in [1.82, 2.24) is 5.32 Å². The first-order valence-corrected chi connectivity index (χ1v) is 6.15. The minimum Gasteiger partial charge on any atom is -0.465 e. The molecule has 0 saturated heterocycles. The van der Waals surface area contributed by atoms with Crippen LogP contribution < -0.4 is 5.32 Å².